The largest absolute Gasteiger partial charge is 0.493 e. The van der Waals surface area contributed by atoms with E-state index in [1.807, 2.05) is 32.0 Å². The predicted octanol–water partition coefficient (Wildman–Crippen LogP) is 3.37. The van der Waals surface area contributed by atoms with Gasteiger partial charge in [0.25, 0.3) is 5.56 Å². The summed E-state index contributed by atoms with van der Waals surface area (Å²) in [7, 11) is 1.63. The van der Waals surface area contributed by atoms with Gasteiger partial charge in [0.1, 0.15) is 0 Å². The van der Waals surface area contributed by atoms with Crippen LogP contribution in [0.1, 0.15) is 37.8 Å². The molecule has 1 aromatic heterocycles. The van der Waals surface area contributed by atoms with Crippen molar-refractivity contribution in [1.29, 1.82) is 0 Å². The number of ether oxygens (including phenoxy) is 2. The van der Waals surface area contributed by atoms with E-state index >= 15 is 0 Å². The van der Waals surface area contributed by atoms with Crippen molar-refractivity contribution in [2.75, 3.05) is 19.0 Å². The molecule has 0 fully saturated rings. The van der Waals surface area contributed by atoms with Crippen molar-refractivity contribution >= 4 is 5.69 Å². The fraction of sp³-hybridized carbons (Fsp3) is 0.474. The molecule has 0 atom stereocenters. The third kappa shape index (κ3) is 4.75. The quantitative estimate of drug-likeness (QED) is 0.755. The maximum absolute atomic E-state index is 12.3. The number of aryl methyl sites for hydroxylation is 1. The summed E-state index contributed by atoms with van der Waals surface area (Å²) in [6.07, 6.45) is 3.53. The van der Waals surface area contributed by atoms with E-state index in [-0.39, 0.29) is 5.56 Å². The average Bonchev–Trinajstić information content (AvgIpc) is 2.63. The number of nitrogens with one attached hydrogen (secondary N) is 1. The number of anilines is 1. The molecular weight excluding hydrogens is 318 g/mol. The zero-order valence-electron chi connectivity index (χ0n) is 15.5. The SMILES string of the molecule is CCCOc1cc(CNc2cnn(CCC)c(=O)c2C)ccc1OC. The van der Waals surface area contributed by atoms with Gasteiger partial charge in [-0.1, -0.05) is 19.9 Å². The van der Waals surface area contributed by atoms with Gasteiger partial charge >= 0.3 is 0 Å². The highest BCUT2D eigenvalue weighted by atomic mass is 16.5. The lowest BCUT2D eigenvalue weighted by Gasteiger charge is -2.14. The third-order valence-corrected chi connectivity index (χ3v) is 3.89. The van der Waals surface area contributed by atoms with Crippen molar-refractivity contribution in [2.45, 2.75) is 46.7 Å². The highest BCUT2D eigenvalue weighted by Crippen LogP contribution is 2.28. The fourth-order valence-electron chi connectivity index (χ4n) is 2.49. The number of methoxy groups -OCH3 is 1. The van der Waals surface area contributed by atoms with E-state index in [1.54, 1.807) is 13.3 Å². The molecule has 2 aromatic rings. The lowest BCUT2D eigenvalue weighted by molar-refractivity contribution is 0.294. The van der Waals surface area contributed by atoms with Gasteiger partial charge in [0.15, 0.2) is 11.5 Å². The van der Waals surface area contributed by atoms with Crippen LogP contribution in [0.25, 0.3) is 0 Å². The summed E-state index contributed by atoms with van der Waals surface area (Å²) in [5.41, 5.74) is 2.43. The number of aromatic nitrogens is 2. The normalized spacial score (nSPS) is 10.6. The van der Waals surface area contributed by atoms with E-state index in [2.05, 4.69) is 17.3 Å². The second-order valence-electron chi connectivity index (χ2n) is 5.90. The molecule has 1 aromatic carbocycles. The van der Waals surface area contributed by atoms with Gasteiger partial charge in [0, 0.05) is 18.7 Å². The number of nitrogens with zero attached hydrogens (tertiary/aromatic N) is 2. The third-order valence-electron chi connectivity index (χ3n) is 3.89. The van der Waals surface area contributed by atoms with Gasteiger partial charge in [-0.2, -0.15) is 5.10 Å². The molecule has 6 heteroatoms. The molecular formula is C19H27N3O3. The van der Waals surface area contributed by atoms with Crippen molar-refractivity contribution in [3.05, 3.63) is 45.9 Å². The Labute approximate surface area is 148 Å². The van der Waals surface area contributed by atoms with Crippen molar-refractivity contribution in [3.63, 3.8) is 0 Å². The summed E-state index contributed by atoms with van der Waals surface area (Å²) in [4.78, 5) is 12.3. The number of benzene rings is 1. The highest BCUT2D eigenvalue weighted by molar-refractivity contribution is 5.49. The standard InChI is InChI=1S/C19H27N3O3/c1-5-9-22-19(23)14(3)16(13-21-22)20-12-15-7-8-17(24-4)18(11-15)25-10-6-2/h7-8,11,13,20H,5-6,9-10,12H2,1-4H3. The van der Waals surface area contributed by atoms with Crippen LogP contribution >= 0.6 is 0 Å². The first-order valence-electron chi connectivity index (χ1n) is 8.71. The molecule has 2 rings (SSSR count). The Morgan fingerprint density at radius 3 is 2.68 bits per heavy atom. The molecule has 0 amide bonds. The Morgan fingerprint density at radius 2 is 2.00 bits per heavy atom. The molecule has 0 saturated carbocycles. The van der Waals surface area contributed by atoms with E-state index in [1.165, 1.54) is 4.68 Å². The highest BCUT2D eigenvalue weighted by Gasteiger charge is 2.09. The maximum atomic E-state index is 12.3. The molecule has 25 heavy (non-hydrogen) atoms. The molecule has 0 aliphatic rings. The minimum absolute atomic E-state index is 0.0476. The van der Waals surface area contributed by atoms with Crippen molar-refractivity contribution in [3.8, 4) is 11.5 Å². The van der Waals surface area contributed by atoms with Crippen molar-refractivity contribution in [1.82, 2.24) is 9.78 Å². The molecule has 1 heterocycles. The van der Waals surface area contributed by atoms with Crippen LogP contribution in [0.4, 0.5) is 5.69 Å². The molecule has 6 nitrogen and oxygen atoms in total. The lowest BCUT2D eigenvalue weighted by Crippen LogP contribution is -2.25. The summed E-state index contributed by atoms with van der Waals surface area (Å²) in [5.74, 6) is 1.45. The van der Waals surface area contributed by atoms with E-state index in [9.17, 15) is 4.79 Å². The summed E-state index contributed by atoms with van der Waals surface area (Å²) in [6.45, 7) is 7.77. The van der Waals surface area contributed by atoms with Crippen LogP contribution in [0.5, 0.6) is 11.5 Å². The summed E-state index contributed by atoms with van der Waals surface area (Å²) in [6, 6.07) is 5.83. The number of hydrogen-bond donors (Lipinski definition) is 1. The molecule has 0 unspecified atom stereocenters. The van der Waals surface area contributed by atoms with Crippen LogP contribution in [-0.4, -0.2) is 23.5 Å². The first-order chi connectivity index (χ1) is 12.1. The Bertz CT molecular complexity index is 756. The molecule has 0 saturated heterocycles. The zero-order chi connectivity index (χ0) is 18.2. The van der Waals surface area contributed by atoms with Gasteiger partial charge in [-0.05, 0) is 37.5 Å². The summed E-state index contributed by atoms with van der Waals surface area (Å²) in [5, 5.41) is 7.51. The van der Waals surface area contributed by atoms with E-state index in [0.717, 1.165) is 35.6 Å². The van der Waals surface area contributed by atoms with Crippen LogP contribution in [-0.2, 0) is 13.1 Å². The van der Waals surface area contributed by atoms with Crippen LogP contribution in [0, 0.1) is 6.92 Å². The topological polar surface area (TPSA) is 65.4 Å². The van der Waals surface area contributed by atoms with Crippen LogP contribution in [0.2, 0.25) is 0 Å². The van der Waals surface area contributed by atoms with Crippen molar-refractivity contribution in [2.24, 2.45) is 0 Å². The fourth-order valence-corrected chi connectivity index (χ4v) is 2.49. The molecule has 1 N–H and O–H groups in total. The Kier molecular flexibility index (Phi) is 6.86. The first-order valence-corrected chi connectivity index (χ1v) is 8.71. The number of hydrogen-bond acceptors (Lipinski definition) is 5. The molecule has 0 aliphatic carbocycles. The van der Waals surface area contributed by atoms with Gasteiger partial charge in [-0.25, -0.2) is 4.68 Å². The molecule has 0 bridgehead atoms. The Morgan fingerprint density at radius 1 is 1.20 bits per heavy atom. The van der Waals surface area contributed by atoms with Gasteiger partial charge in [0.2, 0.25) is 0 Å². The van der Waals surface area contributed by atoms with E-state index in [0.29, 0.717) is 25.3 Å². The Balaban J connectivity index is 2.13. The van der Waals surface area contributed by atoms with E-state index in [4.69, 9.17) is 9.47 Å². The minimum Gasteiger partial charge on any atom is -0.493 e. The monoisotopic (exact) mass is 345 g/mol. The first kappa shape index (κ1) is 18.8. The maximum Gasteiger partial charge on any atom is 0.271 e. The van der Waals surface area contributed by atoms with Gasteiger partial charge in [-0.15, -0.1) is 0 Å². The van der Waals surface area contributed by atoms with E-state index < -0.39 is 0 Å². The smallest absolute Gasteiger partial charge is 0.271 e. The zero-order valence-corrected chi connectivity index (χ0v) is 15.5. The van der Waals surface area contributed by atoms with Crippen LogP contribution < -0.4 is 20.3 Å². The predicted molar refractivity (Wildman–Crippen MR) is 99.6 cm³/mol. The Hall–Kier alpha value is -2.50. The number of rotatable bonds is 9. The van der Waals surface area contributed by atoms with Crippen LogP contribution in [0.15, 0.2) is 29.2 Å². The molecule has 0 radical (unpaired) electrons. The molecule has 136 valence electrons. The van der Waals surface area contributed by atoms with Gasteiger partial charge < -0.3 is 14.8 Å². The summed E-state index contributed by atoms with van der Waals surface area (Å²) >= 11 is 0. The minimum atomic E-state index is -0.0476. The average molecular weight is 345 g/mol. The van der Waals surface area contributed by atoms with Gasteiger partial charge in [-0.3, -0.25) is 4.79 Å². The van der Waals surface area contributed by atoms with Gasteiger partial charge in [0.05, 0.1) is 25.6 Å². The van der Waals surface area contributed by atoms with Crippen molar-refractivity contribution < 1.29 is 9.47 Å². The molecule has 0 spiro atoms. The second kappa shape index (κ2) is 9.11. The lowest BCUT2D eigenvalue weighted by atomic mass is 10.2. The molecule has 0 aliphatic heterocycles. The van der Waals surface area contributed by atoms with Crippen LogP contribution in [0.3, 0.4) is 0 Å². The second-order valence-corrected chi connectivity index (χ2v) is 5.90. The summed E-state index contributed by atoms with van der Waals surface area (Å²) < 4.78 is 12.6.